The molecule has 0 aromatic heterocycles. The molecular weight excluding hydrogens is 144 g/mol. The quantitative estimate of drug-likeness (QED) is 0.599. The summed E-state index contributed by atoms with van der Waals surface area (Å²) in [6, 6.07) is 0.172. The Morgan fingerprint density at radius 3 is 2.82 bits per heavy atom. The summed E-state index contributed by atoms with van der Waals surface area (Å²) in [6.07, 6.45) is 1.70. The maximum atomic E-state index is 10.5. The molecule has 0 saturated heterocycles. The fourth-order valence-electron chi connectivity index (χ4n) is 1.11. The van der Waals surface area contributed by atoms with Crippen LogP contribution in [0.5, 0.6) is 0 Å². The highest BCUT2D eigenvalue weighted by molar-refractivity contribution is 5.86. The van der Waals surface area contributed by atoms with Gasteiger partial charge in [-0.3, -0.25) is 0 Å². The SMILES string of the molecule is CCN1NC(C(=O)O)=CC1C. The van der Waals surface area contributed by atoms with Crippen LogP contribution in [-0.2, 0) is 4.79 Å². The summed E-state index contributed by atoms with van der Waals surface area (Å²) in [5.41, 5.74) is 3.06. The average molecular weight is 156 g/mol. The van der Waals surface area contributed by atoms with Gasteiger partial charge >= 0.3 is 5.97 Å². The van der Waals surface area contributed by atoms with Crippen LogP contribution in [0.1, 0.15) is 13.8 Å². The third-order valence-corrected chi connectivity index (χ3v) is 1.73. The molecule has 0 saturated carbocycles. The number of hydrogen-bond donors (Lipinski definition) is 2. The van der Waals surface area contributed by atoms with Crippen LogP contribution in [0.15, 0.2) is 11.8 Å². The van der Waals surface area contributed by atoms with E-state index in [0.717, 1.165) is 6.54 Å². The summed E-state index contributed by atoms with van der Waals surface area (Å²) < 4.78 is 0. The van der Waals surface area contributed by atoms with Crippen LogP contribution in [0.25, 0.3) is 0 Å². The van der Waals surface area contributed by atoms with E-state index in [1.54, 1.807) is 6.08 Å². The molecule has 1 aliphatic heterocycles. The van der Waals surface area contributed by atoms with Gasteiger partial charge < -0.3 is 10.5 Å². The van der Waals surface area contributed by atoms with E-state index in [4.69, 9.17) is 5.11 Å². The minimum absolute atomic E-state index is 0.172. The number of carboxylic acids is 1. The minimum atomic E-state index is -0.896. The first kappa shape index (κ1) is 8.07. The van der Waals surface area contributed by atoms with E-state index in [1.165, 1.54) is 0 Å². The number of likely N-dealkylation sites (N-methyl/N-ethyl adjacent to an activating group) is 1. The zero-order valence-electron chi connectivity index (χ0n) is 6.66. The second-order valence-electron chi connectivity index (χ2n) is 2.52. The summed E-state index contributed by atoms with van der Waals surface area (Å²) in [5, 5.41) is 10.5. The Morgan fingerprint density at radius 1 is 1.91 bits per heavy atom. The van der Waals surface area contributed by atoms with Crippen LogP contribution in [0.2, 0.25) is 0 Å². The Labute approximate surface area is 65.5 Å². The zero-order chi connectivity index (χ0) is 8.43. The lowest BCUT2D eigenvalue weighted by molar-refractivity contribution is -0.133. The monoisotopic (exact) mass is 156 g/mol. The van der Waals surface area contributed by atoms with Gasteiger partial charge in [0.05, 0.1) is 0 Å². The third kappa shape index (κ3) is 1.51. The lowest BCUT2D eigenvalue weighted by atomic mass is 10.3. The first-order valence-corrected chi connectivity index (χ1v) is 3.63. The van der Waals surface area contributed by atoms with Crippen molar-refractivity contribution in [2.24, 2.45) is 0 Å². The highest BCUT2D eigenvalue weighted by Crippen LogP contribution is 2.09. The average Bonchev–Trinajstić information content (AvgIpc) is 2.31. The Hall–Kier alpha value is -1.03. The zero-order valence-corrected chi connectivity index (χ0v) is 6.66. The molecule has 0 aromatic carbocycles. The molecule has 62 valence electrons. The molecule has 0 radical (unpaired) electrons. The highest BCUT2D eigenvalue weighted by Gasteiger charge is 2.22. The maximum absolute atomic E-state index is 10.5. The van der Waals surface area contributed by atoms with Gasteiger partial charge in [-0.1, -0.05) is 6.92 Å². The normalized spacial score (nSPS) is 24.5. The smallest absolute Gasteiger partial charge is 0.353 e. The van der Waals surface area contributed by atoms with Gasteiger partial charge in [-0.15, -0.1) is 0 Å². The molecule has 0 amide bonds. The van der Waals surface area contributed by atoms with Crippen molar-refractivity contribution < 1.29 is 9.90 Å². The third-order valence-electron chi connectivity index (χ3n) is 1.73. The van der Waals surface area contributed by atoms with E-state index in [9.17, 15) is 4.79 Å². The lowest BCUT2D eigenvalue weighted by Crippen LogP contribution is -2.37. The van der Waals surface area contributed by atoms with Gasteiger partial charge in [0.25, 0.3) is 0 Å². The van der Waals surface area contributed by atoms with Gasteiger partial charge in [-0.2, -0.15) is 0 Å². The fourth-order valence-corrected chi connectivity index (χ4v) is 1.11. The van der Waals surface area contributed by atoms with Crippen LogP contribution in [0.4, 0.5) is 0 Å². The van der Waals surface area contributed by atoms with Crippen molar-refractivity contribution in [1.82, 2.24) is 10.4 Å². The van der Waals surface area contributed by atoms with Crippen LogP contribution in [-0.4, -0.2) is 28.7 Å². The molecule has 1 atom stereocenters. The largest absolute Gasteiger partial charge is 0.477 e. The fraction of sp³-hybridized carbons (Fsp3) is 0.571. The van der Waals surface area contributed by atoms with Crippen molar-refractivity contribution in [1.29, 1.82) is 0 Å². The topological polar surface area (TPSA) is 52.6 Å². The summed E-state index contributed by atoms with van der Waals surface area (Å²) in [5.74, 6) is -0.896. The predicted molar refractivity (Wildman–Crippen MR) is 40.7 cm³/mol. The van der Waals surface area contributed by atoms with Crippen molar-refractivity contribution in [3.63, 3.8) is 0 Å². The molecule has 0 fully saturated rings. The number of aliphatic carboxylic acids is 1. The first-order valence-electron chi connectivity index (χ1n) is 3.63. The number of carbonyl (C=O) groups is 1. The molecule has 0 aliphatic carbocycles. The number of carboxylic acid groups (broad SMARTS) is 1. The summed E-state index contributed by atoms with van der Waals surface area (Å²) in [6.45, 7) is 4.73. The Bertz CT molecular complexity index is 201. The molecule has 1 aliphatic rings. The molecular formula is C7H12N2O2. The number of nitrogens with one attached hydrogen (secondary N) is 1. The van der Waals surface area contributed by atoms with Crippen LogP contribution >= 0.6 is 0 Å². The summed E-state index contributed by atoms with van der Waals surface area (Å²) in [4.78, 5) is 10.5. The van der Waals surface area contributed by atoms with Gasteiger partial charge in [0.1, 0.15) is 5.70 Å². The Kier molecular flexibility index (Phi) is 2.14. The molecule has 4 nitrogen and oxygen atoms in total. The minimum Gasteiger partial charge on any atom is -0.477 e. The predicted octanol–water partition coefficient (Wildman–Crippen LogP) is 0.183. The van der Waals surface area contributed by atoms with E-state index < -0.39 is 5.97 Å². The number of hydrogen-bond acceptors (Lipinski definition) is 3. The van der Waals surface area contributed by atoms with Crippen molar-refractivity contribution in [2.45, 2.75) is 19.9 Å². The molecule has 1 heterocycles. The molecule has 4 heteroatoms. The maximum Gasteiger partial charge on any atom is 0.353 e. The van der Waals surface area contributed by atoms with E-state index in [2.05, 4.69) is 5.43 Å². The molecule has 0 aromatic rings. The van der Waals surface area contributed by atoms with Gasteiger partial charge in [0.15, 0.2) is 0 Å². The van der Waals surface area contributed by atoms with Gasteiger partial charge in [0.2, 0.25) is 0 Å². The number of hydrazine groups is 1. The van der Waals surface area contributed by atoms with Gasteiger partial charge in [-0.25, -0.2) is 9.80 Å². The Balaban J connectivity index is 2.63. The van der Waals surface area contributed by atoms with Crippen LogP contribution in [0, 0.1) is 0 Å². The van der Waals surface area contributed by atoms with Gasteiger partial charge in [-0.05, 0) is 13.0 Å². The van der Waals surface area contributed by atoms with E-state index in [1.807, 2.05) is 18.9 Å². The second-order valence-corrected chi connectivity index (χ2v) is 2.52. The van der Waals surface area contributed by atoms with Crippen LogP contribution < -0.4 is 5.43 Å². The van der Waals surface area contributed by atoms with E-state index in [0.29, 0.717) is 0 Å². The molecule has 0 spiro atoms. The summed E-state index contributed by atoms with van der Waals surface area (Å²) >= 11 is 0. The van der Waals surface area contributed by atoms with Crippen molar-refractivity contribution in [2.75, 3.05) is 6.54 Å². The standard InChI is InChI=1S/C7H12N2O2/c1-3-9-5(2)4-6(8-9)7(10)11/h4-5,8H,3H2,1-2H3,(H,10,11). The molecule has 0 bridgehead atoms. The van der Waals surface area contributed by atoms with Crippen LogP contribution in [0.3, 0.4) is 0 Å². The van der Waals surface area contributed by atoms with Crippen molar-refractivity contribution >= 4 is 5.97 Å². The molecule has 11 heavy (non-hydrogen) atoms. The molecule has 1 rings (SSSR count). The van der Waals surface area contributed by atoms with E-state index in [-0.39, 0.29) is 11.7 Å². The highest BCUT2D eigenvalue weighted by atomic mass is 16.4. The van der Waals surface area contributed by atoms with E-state index >= 15 is 0 Å². The molecule has 2 N–H and O–H groups in total. The summed E-state index contributed by atoms with van der Waals surface area (Å²) in [7, 11) is 0. The van der Waals surface area contributed by atoms with Crippen molar-refractivity contribution in [3.8, 4) is 0 Å². The number of nitrogens with zero attached hydrogens (tertiary/aromatic N) is 1. The van der Waals surface area contributed by atoms with Gasteiger partial charge in [0, 0.05) is 12.6 Å². The second kappa shape index (κ2) is 2.92. The lowest BCUT2D eigenvalue weighted by Gasteiger charge is -2.18. The first-order chi connectivity index (χ1) is 5.15. The molecule has 1 unspecified atom stereocenters. The Morgan fingerprint density at radius 2 is 2.55 bits per heavy atom. The number of rotatable bonds is 2. The van der Waals surface area contributed by atoms with Crippen molar-refractivity contribution in [3.05, 3.63) is 11.8 Å².